The van der Waals surface area contributed by atoms with Gasteiger partial charge in [-0.25, -0.2) is 13.2 Å². The van der Waals surface area contributed by atoms with Crippen LogP contribution in [0.4, 0.5) is 10.5 Å². The number of benzene rings is 2. The summed E-state index contributed by atoms with van der Waals surface area (Å²) in [6.45, 7) is 7.35. The molecule has 3 aliphatic rings. The molecule has 2 aliphatic heterocycles. The zero-order valence-electron chi connectivity index (χ0n) is 26.7. The number of anilines is 1. The molecule has 3 aromatic rings. The monoisotopic (exact) mass is 644 g/mol. The first-order valence-electron chi connectivity index (χ1n) is 16.3. The van der Waals surface area contributed by atoms with Gasteiger partial charge in [-0.05, 0) is 86.4 Å². The van der Waals surface area contributed by atoms with Gasteiger partial charge in [-0.2, -0.15) is 10.4 Å². The Bertz CT molecular complexity index is 1670. The molecular formula is C35H44N6O4S. The zero-order valence-corrected chi connectivity index (χ0v) is 27.5. The Morgan fingerprint density at radius 2 is 1.76 bits per heavy atom. The first kappa shape index (κ1) is 32.1. The minimum absolute atomic E-state index is 0.117. The number of rotatable bonds is 10. The van der Waals surface area contributed by atoms with Crippen molar-refractivity contribution >= 4 is 21.6 Å². The predicted octanol–water partition coefficient (Wildman–Crippen LogP) is 4.94. The van der Waals surface area contributed by atoms with Crippen LogP contribution in [0.15, 0.2) is 76.8 Å². The van der Waals surface area contributed by atoms with Crippen molar-refractivity contribution in [3.63, 3.8) is 0 Å². The van der Waals surface area contributed by atoms with Crippen LogP contribution in [0.5, 0.6) is 0 Å². The molecule has 3 fully saturated rings. The number of carbonyl (C=O) groups is 1. The lowest BCUT2D eigenvalue weighted by atomic mass is 9.58. The van der Waals surface area contributed by atoms with Gasteiger partial charge in [-0.3, -0.25) is 4.68 Å². The van der Waals surface area contributed by atoms with Crippen molar-refractivity contribution in [1.29, 1.82) is 5.26 Å². The Morgan fingerprint density at radius 1 is 1.07 bits per heavy atom. The second kappa shape index (κ2) is 12.7. The summed E-state index contributed by atoms with van der Waals surface area (Å²) < 4.78 is 27.4. The highest BCUT2D eigenvalue weighted by Crippen LogP contribution is 2.52. The molecule has 3 atom stereocenters. The van der Waals surface area contributed by atoms with E-state index >= 15 is 0 Å². The third-order valence-corrected chi connectivity index (χ3v) is 12.4. The van der Waals surface area contributed by atoms with E-state index in [4.69, 9.17) is 0 Å². The van der Waals surface area contributed by atoms with Gasteiger partial charge in [0.15, 0.2) is 0 Å². The Hall–Kier alpha value is -3.88. The van der Waals surface area contributed by atoms with Crippen molar-refractivity contribution < 1.29 is 18.3 Å². The van der Waals surface area contributed by atoms with Crippen LogP contribution in [-0.2, 0) is 22.3 Å². The molecule has 2 saturated heterocycles. The summed E-state index contributed by atoms with van der Waals surface area (Å²) >= 11 is 0. The van der Waals surface area contributed by atoms with Crippen LogP contribution in [0, 0.1) is 34.5 Å². The Balaban J connectivity index is 1.09. The Morgan fingerprint density at radius 3 is 2.37 bits per heavy atom. The quantitative estimate of drug-likeness (QED) is 0.318. The highest BCUT2D eigenvalue weighted by atomic mass is 32.2. The van der Waals surface area contributed by atoms with Crippen molar-refractivity contribution in [1.82, 2.24) is 20.0 Å². The van der Waals surface area contributed by atoms with E-state index < -0.39 is 21.3 Å². The number of hydrogen-bond acceptors (Lipinski definition) is 7. The number of nitrogens with zero attached hydrogens (tertiary/aromatic N) is 5. The minimum Gasteiger partial charge on any atom is -0.465 e. The smallest absolute Gasteiger partial charge is 0.404 e. The molecule has 2 aromatic carbocycles. The van der Waals surface area contributed by atoms with Gasteiger partial charge in [0, 0.05) is 50.5 Å². The van der Waals surface area contributed by atoms with Gasteiger partial charge in [0.25, 0.3) is 0 Å². The first-order valence-corrected chi connectivity index (χ1v) is 17.8. The van der Waals surface area contributed by atoms with Gasteiger partial charge in [0.2, 0.25) is 9.84 Å². The average molecular weight is 645 g/mol. The van der Waals surface area contributed by atoms with E-state index in [1.807, 2.05) is 30.3 Å². The van der Waals surface area contributed by atoms with Gasteiger partial charge < -0.3 is 20.2 Å². The number of nitrogens with one attached hydrogen (secondary N) is 1. The van der Waals surface area contributed by atoms with Crippen LogP contribution in [-0.4, -0.2) is 73.6 Å². The van der Waals surface area contributed by atoms with E-state index in [0.29, 0.717) is 6.54 Å². The maximum absolute atomic E-state index is 13.0. The van der Waals surface area contributed by atoms with E-state index in [0.717, 1.165) is 76.1 Å². The van der Waals surface area contributed by atoms with Crippen molar-refractivity contribution in [3.8, 4) is 6.07 Å². The number of aromatic nitrogens is 2. The van der Waals surface area contributed by atoms with Crippen LogP contribution >= 0.6 is 0 Å². The summed E-state index contributed by atoms with van der Waals surface area (Å²) in [5.41, 5.74) is 1.58. The molecule has 0 spiro atoms. The molecule has 0 radical (unpaired) electrons. The number of nitriles is 1. The molecule has 244 valence electrons. The molecule has 10 nitrogen and oxygen atoms in total. The average Bonchev–Trinajstić information content (AvgIpc) is 3.71. The number of likely N-dealkylation sites (tertiary alicyclic amines) is 1. The number of sulfone groups is 1. The SMILES string of the molecule is Cn1cc(S(=O)(=O)c2ccc(N3CC(C)(CN4CCC(C(C#N)(c5ccccc5)[C@H]5CCC[C@H]5CNC(=O)O)CC4)C3)cc2)cn1. The molecule has 0 bridgehead atoms. The van der Waals surface area contributed by atoms with E-state index in [2.05, 4.69) is 45.3 Å². The number of piperidine rings is 1. The molecule has 1 amide bonds. The van der Waals surface area contributed by atoms with Crippen LogP contribution < -0.4 is 10.2 Å². The minimum atomic E-state index is -3.60. The molecule has 1 aromatic heterocycles. The van der Waals surface area contributed by atoms with Crippen LogP contribution in [0.3, 0.4) is 0 Å². The normalized spacial score (nSPS) is 23.3. The molecule has 1 saturated carbocycles. The maximum Gasteiger partial charge on any atom is 0.404 e. The maximum atomic E-state index is 13.0. The standard InChI is InChI=1S/C35H44N6O4S/c1-34(24-41(25-34)29-11-13-30(14-12-29)46(44,45)31-20-38-39(2)21-31)23-40-17-15-28(16-18-40)35(22-36,27-8-4-3-5-9-27)32-10-6-7-26(32)19-37-33(42)43/h3-5,8-9,11-14,20-21,26,28,32,37H,6-7,10,15-19,23-25H2,1-2H3,(H,42,43)/t26-,32-,35?/m0/s1. The summed E-state index contributed by atoms with van der Waals surface area (Å²) in [4.78, 5) is 16.6. The molecule has 1 unspecified atom stereocenters. The molecule has 6 rings (SSSR count). The molecule has 46 heavy (non-hydrogen) atoms. The van der Waals surface area contributed by atoms with Gasteiger partial charge in [-0.1, -0.05) is 43.7 Å². The molecular weight excluding hydrogens is 600 g/mol. The van der Waals surface area contributed by atoms with Crippen molar-refractivity contribution in [2.75, 3.05) is 44.2 Å². The summed E-state index contributed by atoms with van der Waals surface area (Å²) in [7, 11) is -1.90. The van der Waals surface area contributed by atoms with Gasteiger partial charge in [-0.15, -0.1) is 0 Å². The van der Waals surface area contributed by atoms with Gasteiger partial charge in [0.05, 0.1) is 22.6 Å². The first-order chi connectivity index (χ1) is 22.0. The van der Waals surface area contributed by atoms with E-state index in [9.17, 15) is 23.6 Å². The van der Waals surface area contributed by atoms with Crippen LogP contribution in [0.2, 0.25) is 0 Å². The summed E-state index contributed by atoms with van der Waals surface area (Å²) in [5, 5.41) is 26.8. The number of amides is 1. The summed E-state index contributed by atoms with van der Waals surface area (Å²) in [6, 6.07) is 20.2. The van der Waals surface area contributed by atoms with Crippen molar-refractivity contribution in [2.24, 2.45) is 30.2 Å². The summed E-state index contributed by atoms with van der Waals surface area (Å²) in [6.07, 6.45) is 6.66. The second-order valence-electron chi connectivity index (χ2n) is 13.9. The Labute approximate surface area is 271 Å². The molecule has 11 heteroatoms. The molecule has 2 N–H and O–H groups in total. The topological polar surface area (TPSA) is 132 Å². The number of hydrogen-bond donors (Lipinski definition) is 2. The fraction of sp³-hybridized carbons (Fsp3) is 0.514. The largest absolute Gasteiger partial charge is 0.465 e. The van der Waals surface area contributed by atoms with Crippen molar-refractivity contribution in [2.45, 2.75) is 54.2 Å². The third kappa shape index (κ3) is 6.13. The highest BCUT2D eigenvalue weighted by molar-refractivity contribution is 7.91. The Kier molecular flexibility index (Phi) is 8.87. The fourth-order valence-electron chi connectivity index (χ4n) is 8.56. The van der Waals surface area contributed by atoms with Crippen LogP contribution in [0.1, 0.15) is 44.6 Å². The zero-order chi connectivity index (χ0) is 32.5. The summed E-state index contributed by atoms with van der Waals surface area (Å²) in [5.74, 6) is 0.476. The number of carboxylic acid groups (broad SMARTS) is 1. The molecule has 1 aliphatic carbocycles. The molecule has 3 heterocycles. The lowest BCUT2D eigenvalue weighted by molar-refractivity contribution is 0.0665. The van der Waals surface area contributed by atoms with Crippen LogP contribution in [0.25, 0.3) is 0 Å². The van der Waals surface area contributed by atoms with Gasteiger partial charge in [0.1, 0.15) is 4.90 Å². The van der Waals surface area contributed by atoms with Crippen molar-refractivity contribution in [3.05, 3.63) is 72.6 Å². The highest BCUT2D eigenvalue weighted by Gasteiger charge is 2.52. The fourth-order valence-corrected chi connectivity index (χ4v) is 9.80. The second-order valence-corrected chi connectivity index (χ2v) is 15.8. The van der Waals surface area contributed by atoms with E-state index in [1.54, 1.807) is 19.2 Å². The van der Waals surface area contributed by atoms with E-state index in [-0.39, 0.29) is 33.0 Å². The number of aryl methyl sites for hydroxylation is 1. The van der Waals surface area contributed by atoms with Gasteiger partial charge >= 0.3 is 6.09 Å². The van der Waals surface area contributed by atoms with E-state index in [1.165, 1.54) is 17.1 Å². The lowest BCUT2D eigenvalue weighted by Gasteiger charge is -2.53. The lowest BCUT2D eigenvalue weighted by Crippen LogP contribution is -2.60. The predicted molar refractivity (Wildman–Crippen MR) is 175 cm³/mol. The third-order valence-electron chi connectivity index (χ3n) is 10.7.